The fraction of sp³-hybridized carbons (Fsp3) is 0. The maximum absolute atomic E-state index is 12.8. The fourth-order valence-electron chi connectivity index (χ4n) is 1.87. The molecule has 0 saturated heterocycles. The van der Waals surface area contributed by atoms with E-state index in [2.05, 4.69) is 10.3 Å². The molecule has 2 aromatic heterocycles. The zero-order valence-electron chi connectivity index (χ0n) is 12.5. The van der Waals surface area contributed by atoms with Gasteiger partial charge in [0.2, 0.25) is 5.91 Å². The number of nitrogens with zero attached hydrogens (tertiary/aromatic N) is 1. The van der Waals surface area contributed by atoms with Crippen LogP contribution in [-0.2, 0) is 4.79 Å². The molecule has 1 N–H and O–H groups in total. The second-order valence-corrected chi connectivity index (χ2v) is 4.77. The number of benzene rings is 1. The number of pyridine rings is 1. The van der Waals surface area contributed by atoms with E-state index in [1.165, 1.54) is 42.8 Å². The van der Waals surface area contributed by atoms with Gasteiger partial charge < -0.3 is 14.5 Å². The summed E-state index contributed by atoms with van der Waals surface area (Å²) in [5.41, 5.74) is 0. The Morgan fingerprint density at radius 2 is 1.92 bits per heavy atom. The van der Waals surface area contributed by atoms with Gasteiger partial charge in [0, 0.05) is 6.08 Å². The minimum atomic E-state index is -0.332. The summed E-state index contributed by atoms with van der Waals surface area (Å²) in [6.07, 6.45) is 5.90. The van der Waals surface area contributed by atoms with Crippen LogP contribution in [0.1, 0.15) is 5.76 Å². The van der Waals surface area contributed by atoms with Crippen LogP contribution >= 0.6 is 0 Å². The van der Waals surface area contributed by atoms with Crippen LogP contribution in [-0.4, -0.2) is 10.9 Å². The molecule has 1 amide bonds. The van der Waals surface area contributed by atoms with Crippen molar-refractivity contribution in [2.45, 2.75) is 0 Å². The van der Waals surface area contributed by atoms with E-state index in [-0.39, 0.29) is 11.7 Å². The lowest BCUT2D eigenvalue weighted by Crippen LogP contribution is -2.08. The smallest absolute Gasteiger partial charge is 0.249 e. The molecule has 3 rings (SSSR count). The molecule has 3 aromatic rings. The molecular formula is C18H13FN2O3. The van der Waals surface area contributed by atoms with Crippen LogP contribution in [0.15, 0.2) is 71.5 Å². The summed E-state index contributed by atoms with van der Waals surface area (Å²) < 4.78 is 23.4. The lowest BCUT2D eigenvalue weighted by atomic mass is 10.3. The molecule has 0 bridgehead atoms. The first-order valence-electron chi connectivity index (χ1n) is 7.11. The average Bonchev–Trinajstić information content (AvgIpc) is 3.10. The highest BCUT2D eigenvalue weighted by molar-refractivity contribution is 6.01. The minimum absolute atomic E-state index is 0.328. The van der Waals surface area contributed by atoms with Crippen molar-refractivity contribution in [1.29, 1.82) is 0 Å². The van der Waals surface area contributed by atoms with Crippen molar-refractivity contribution in [3.8, 4) is 11.5 Å². The van der Waals surface area contributed by atoms with E-state index in [9.17, 15) is 9.18 Å². The lowest BCUT2D eigenvalue weighted by molar-refractivity contribution is -0.111. The predicted octanol–water partition coefficient (Wildman–Crippen LogP) is 4.26. The van der Waals surface area contributed by atoms with Crippen LogP contribution in [0.2, 0.25) is 0 Å². The van der Waals surface area contributed by atoms with Gasteiger partial charge in [-0.1, -0.05) is 0 Å². The van der Waals surface area contributed by atoms with E-state index in [1.54, 1.807) is 30.3 Å². The van der Waals surface area contributed by atoms with Crippen LogP contribution in [0.5, 0.6) is 11.5 Å². The second kappa shape index (κ2) is 7.23. The van der Waals surface area contributed by atoms with E-state index >= 15 is 0 Å². The van der Waals surface area contributed by atoms with Crippen LogP contribution in [0, 0.1) is 5.82 Å². The van der Waals surface area contributed by atoms with Gasteiger partial charge in [-0.05, 0) is 54.6 Å². The summed E-state index contributed by atoms with van der Waals surface area (Å²) in [4.78, 5) is 15.9. The minimum Gasteiger partial charge on any atom is -0.465 e. The second-order valence-electron chi connectivity index (χ2n) is 4.77. The predicted molar refractivity (Wildman–Crippen MR) is 87.1 cm³/mol. The van der Waals surface area contributed by atoms with E-state index in [0.717, 1.165) is 0 Å². The summed E-state index contributed by atoms with van der Waals surface area (Å²) in [5, 5.41) is 2.62. The molecule has 0 aliphatic carbocycles. The highest BCUT2D eigenvalue weighted by Crippen LogP contribution is 2.21. The Morgan fingerprint density at radius 1 is 1.12 bits per heavy atom. The van der Waals surface area contributed by atoms with Gasteiger partial charge in [-0.15, -0.1) is 0 Å². The molecule has 2 heterocycles. The monoisotopic (exact) mass is 324 g/mol. The van der Waals surface area contributed by atoms with E-state index in [0.29, 0.717) is 23.1 Å². The molecule has 24 heavy (non-hydrogen) atoms. The van der Waals surface area contributed by atoms with Crippen molar-refractivity contribution in [2.75, 3.05) is 5.32 Å². The Kier molecular flexibility index (Phi) is 4.67. The molecule has 0 aliphatic rings. The fourth-order valence-corrected chi connectivity index (χ4v) is 1.87. The lowest BCUT2D eigenvalue weighted by Gasteiger charge is -2.06. The average molecular weight is 324 g/mol. The van der Waals surface area contributed by atoms with Gasteiger partial charge in [0.25, 0.3) is 0 Å². The highest BCUT2D eigenvalue weighted by Gasteiger charge is 2.02. The number of carbonyl (C=O) groups is 1. The Labute approximate surface area is 137 Å². The molecule has 5 nitrogen and oxygen atoms in total. The summed E-state index contributed by atoms with van der Waals surface area (Å²) in [7, 11) is 0. The third-order valence-electron chi connectivity index (χ3n) is 2.98. The Morgan fingerprint density at radius 3 is 2.58 bits per heavy atom. The number of nitrogens with one attached hydrogen (secondary N) is 1. The number of halogens is 1. The number of amides is 1. The van der Waals surface area contributed by atoms with E-state index < -0.39 is 0 Å². The first kappa shape index (κ1) is 15.5. The van der Waals surface area contributed by atoms with Gasteiger partial charge in [0.05, 0.1) is 12.5 Å². The Bertz CT molecular complexity index is 826. The molecular weight excluding hydrogens is 311 g/mol. The zero-order valence-corrected chi connectivity index (χ0v) is 12.5. The number of aromatic nitrogens is 1. The molecule has 0 radical (unpaired) electrons. The first-order chi connectivity index (χ1) is 11.7. The van der Waals surface area contributed by atoms with Crippen molar-refractivity contribution in [2.24, 2.45) is 0 Å². The maximum atomic E-state index is 12.8. The van der Waals surface area contributed by atoms with Gasteiger partial charge in [0.1, 0.15) is 28.9 Å². The van der Waals surface area contributed by atoms with E-state index in [1.807, 2.05) is 0 Å². The van der Waals surface area contributed by atoms with E-state index in [4.69, 9.17) is 9.15 Å². The van der Waals surface area contributed by atoms with Crippen molar-refractivity contribution in [1.82, 2.24) is 4.98 Å². The topological polar surface area (TPSA) is 64.4 Å². The van der Waals surface area contributed by atoms with Gasteiger partial charge in [-0.3, -0.25) is 4.79 Å². The van der Waals surface area contributed by atoms with Crippen LogP contribution in [0.25, 0.3) is 6.08 Å². The van der Waals surface area contributed by atoms with Crippen molar-refractivity contribution >= 4 is 17.8 Å². The van der Waals surface area contributed by atoms with Crippen LogP contribution in [0.3, 0.4) is 0 Å². The van der Waals surface area contributed by atoms with Crippen molar-refractivity contribution in [3.63, 3.8) is 0 Å². The molecule has 120 valence electrons. The maximum Gasteiger partial charge on any atom is 0.249 e. The SMILES string of the molecule is O=C(C=Cc1ccco1)Nc1ccc(Oc2ccc(F)cc2)cn1. The summed E-state index contributed by atoms with van der Waals surface area (Å²) in [5.74, 6) is 1.28. The number of anilines is 1. The molecule has 6 heteroatoms. The van der Waals surface area contributed by atoms with Crippen molar-refractivity contribution < 1.29 is 18.3 Å². The molecule has 1 aromatic carbocycles. The summed E-state index contributed by atoms with van der Waals surface area (Å²) in [6.45, 7) is 0. The summed E-state index contributed by atoms with van der Waals surface area (Å²) in [6, 6.07) is 12.4. The van der Waals surface area contributed by atoms with Gasteiger partial charge >= 0.3 is 0 Å². The highest BCUT2D eigenvalue weighted by atomic mass is 19.1. The Balaban J connectivity index is 1.58. The number of ether oxygens (including phenoxy) is 1. The first-order valence-corrected chi connectivity index (χ1v) is 7.11. The number of carbonyl (C=O) groups excluding carboxylic acids is 1. The quantitative estimate of drug-likeness (QED) is 0.712. The van der Waals surface area contributed by atoms with Crippen LogP contribution < -0.4 is 10.1 Å². The molecule has 0 saturated carbocycles. The van der Waals surface area contributed by atoms with Crippen molar-refractivity contribution in [3.05, 3.63) is 78.6 Å². The largest absolute Gasteiger partial charge is 0.465 e. The van der Waals surface area contributed by atoms with Crippen LogP contribution in [0.4, 0.5) is 10.2 Å². The zero-order chi connectivity index (χ0) is 16.8. The molecule has 0 spiro atoms. The third-order valence-corrected chi connectivity index (χ3v) is 2.98. The molecule has 0 aliphatic heterocycles. The van der Waals surface area contributed by atoms with Gasteiger partial charge in [-0.25, -0.2) is 9.37 Å². The number of hydrogen-bond donors (Lipinski definition) is 1. The third kappa shape index (κ3) is 4.30. The number of furan rings is 1. The Hall–Kier alpha value is -3.41. The van der Waals surface area contributed by atoms with Gasteiger partial charge in [0.15, 0.2) is 0 Å². The molecule has 0 atom stereocenters. The molecule has 0 fully saturated rings. The number of hydrogen-bond acceptors (Lipinski definition) is 4. The standard InChI is InChI=1S/C18H13FN2O3/c19-13-3-5-15(6-4-13)24-16-7-9-17(20-12-16)21-18(22)10-8-14-2-1-11-23-14/h1-12H,(H,20,21,22). The summed E-state index contributed by atoms with van der Waals surface area (Å²) >= 11 is 0. The molecule has 0 unspecified atom stereocenters. The number of rotatable bonds is 5. The normalized spacial score (nSPS) is 10.7. The van der Waals surface area contributed by atoms with Gasteiger partial charge in [-0.2, -0.15) is 0 Å².